The van der Waals surface area contributed by atoms with E-state index in [1.165, 1.54) is 0 Å². The van der Waals surface area contributed by atoms with E-state index < -0.39 is 0 Å². The molecule has 0 aliphatic heterocycles. The van der Waals surface area contributed by atoms with Crippen LogP contribution in [0.15, 0.2) is 60.2 Å². The number of rotatable bonds is 6. The van der Waals surface area contributed by atoms with E-state index >= 15 is 0 Å². The van der Waals surface area contributed by atoms with Crippen LogP contribution in [-0.2, 0) is 16.1 Å². The van der Waals surface area contributed by atoms with E-state index in [0.717, 1.165) is 22.5 Å². The molecule has 0 bridgehead atoms. The van der Waals surface area contributed by atoms with Crippen LogP contribution in [0, 0.1) is 5.41 Å². The Labute approximate surface area is 144 Å². The normalized spacial score (nSPS) is 12.7. The molecule has 0 saturated carbocycles. The SMILES string of the molecule is CO/C(=C(/COCc1ccccc1)C(C)(C)C)c1cccc(O)c1. The molecule has 0 amide bonds. The zero-order chi connectivity index (χ0) is 17.6. The van der Waals surface area contributed by atoms with Gasteiger partial charge in [0.1, 0.15) is 11.5 Å². The summed E-state index contributed by atoms with van der Waals surface area (Å²) in [4.78, 5) is 0. The lowest BCUT2D eigenvalue weighted by atomic mass is 9.84. The molecule has 2 aromatic rings. The zero-order valence-electron chi connectivity index (χ0n) is 14.9. The van der Waals surface area contributed by atoms with Crippen LogP contribution in [0.4, 0.5) is 0 Å². The molecule has 24 heavy (non-hydrogen) atoms. The number of ether oxygens (including phenoxy) is 2. The molecule has 0 aromatic heterocycles. The minimum absolute atomic E-state index is 0.118. The van der Waals surface area contributed by atoms with Gasteiger partial charge in [-0.2, -0.15) is 0 Å². The molecule has 0 heterocycles. The van der Waals surface area contributed by atoms with Crippen molar-refractivity contribution in [2.45, 2.75) is 27.4 Å². The van der Waals surface area contributed by atoms with Gasteiger partial charge in [-0.15, -0.1) is 0 Å². The van der Waals surface area contributed by atoms with Gasteiger partial charge in [0.2, 0.25) is 0 Å². The van der Waals surface area contributed by atoms with Gasteiger partial charge < -0.3 is 14.6 Å². The second-order valence-corrected chi connectivity index (χ2v) is 6.79. The Bertz CT molecular complexity index is 682. The van der Waals surface area contributed by atoms with E-state index in [1.807, 2.05) is 42.5 Å². The van der Waals surface area contributed by atoms with Crippen LogP contribution in [0.25, 0.3) is 5.76 Å². The van der Waals surface area contributed by atoms with E-state index in [4.69, 9.17) is 9.47 Å². The van der Waals surface area contributed by atoms with Crippen LogP contribution in [0.2, 0.25) is 0 Å². The van der Waals surface area contributed by atoms with Crippen molar-refractivity contribution in [3.63, 3.8) is 0 Å². The van der Waals surface area contributed by atoms with Crippen molar-refractivity contribution in [2.75, 3.05) is 13.7 Å². The van der Waals surface area contributed by atoms with Crippen LogP contribution >= 0.6 is 0 Å². The first-order chi connectivity index (χ1) is 11.4. The Hall–Kier alpha value is -2.26. The summed E-state index contributed by atoms with van der Waals surface area (Å²) in [5.41, 5.74) is 2.94. The standard InChI is InChI=1S/C21H26O3/c1-21(2,3)19(15-24-14-16-9-6-5-7-10-16)20(23-4)17-11-8-12-18(22)13-17/h5-13,22H,14-15H2,1-4H3/b20-19-. The largest absolute Gasteiger partial charge is 0.508 e. The highest BCUT2D eigenvalue weighted by molar-refractivity contribution is 5.65. The van der Waals surface area contributed by atoms with E-state index in [0.29, 0.717) is 13.2 Å². The number of methoxy groups -OCH3 is 1. The molecule has 0 fully saturated rings. The average molecular weight is 326 g/mol. The van der Waals surface area contributed by atoms with Crippen molar-refractivity contribution in [2.24, 2.45) is 5.41 Å². The monoisotopic (exact) mass is 326 g/mol. The van der Waals surface area contributed by atoms with Crippen molar-refractivity contribution in [1.82, 2.24) is 0 Å². The summed E-state index contributed by atoms with van der Waals surface area (Å²) in [6.45, 7) is 7.43. The molecule has 2 aromatic carbocycles. The summed E-state index contributed by atoms with van der Waals surface area (Å²) in [5, 5.41) is 9.76. The summed E-state index contributed by atoms with van der Waals surface area (Å²) in [6, 6.07) is 17.2. The van der Waals surface area contributed by atoms with E-state index in [-0.39, 0.29) is 11.2 Å². The van der Waals surface area contributed by atoms with Gasteiger partial charge in [-0.3, -0.25) is 0 Å². The summed E-state index contributed by atoms with van der Waals surface area (Å²) in [5.74, 6) is 0.979. The highest BCUT2D eigenvalue weighted by Gasteiger charge is 2.23. The van der Waals surface area contributed by atoms with E-state index in [1.54, 1.807) is 19.2 Å². The van der Waals surface area contributed by atoms with Gasteiger partial charge in [0.05, 0.1) is 20.3 Å². The number of phenols is 1. The summed E-state index contributed by atoms with van der Waals surface area (Å²) >= 11 is 0. The molecule has 2 rings (SSSR count). The second kappa shape index (κ2) is 8.02. The topological polar surface area (TPSA) is 38.7 Å². The Morgan fingerprint density at radius 2 is 1.71 bits per heavy atom. The third-order valence-corrected chi connectivity index (χ3v) is 3.85. The first-order valence-electron chi connectivity index (χ1n) is 8.10. The maximum Gasteiger partial charge on any atom is 0.128 e. The molecular weight excluding hydrogens is 300 g/mol. The van der Waals surface area contributed by atoms with Crippen LogP contribution in [0.5, 0.6) is 5.75 Å². The lowest BCUT2D eigenvalue weighted by Gasteiger charge is -2.26. The van der Waals surface area contributed by atoms with Gasteiger partial charge in [0, 0.05) is 11.1 Å². The van der Waals surface area contributed by atoms with Crippen molar-refractivity contribution in [3.8, 4) is 5.75 Å². The number of phenolic OH excluding ortho intramolecular Hbond substituents is 1. The maximum atomic E-state index is 9.76. The maximum absolute atomic E-state index is 9.76. The average Bonchev–Trinajstić information content (AvgIpc) is 2.54. The molecule has 0 unspecified atom stereocenters. The predicted molar refractivity (Wildman–Crippen MR) is 97.6 cm³/mol. The minimum atomic E-state index is -0.118. The van der Waals surface area contributed by atoms with Crippen LogP contribution in [0.3, 0.4) is 0 Å². The smallest absolute Gasteiger partial charge is 0.128 e. The van der Waals surface area contributed by atoms with E-state index in [9.17, 15) is 5.11 Å². The molecule has 0 aliphatic rings. The molecule has 0 atom stereocenters. The van der Waals surface area contributed by atoms with Crippen molar-refractivity contribution >= 4 is 5.76 Å². The van der Waals surface area contributed by atoms with Gasteiger partial charge in [-0.25, -0.2) is 0 Å². The van der Waals surface area contributed by atoms with Gasteiger partial charge >= 0.3 is 0 Å². The molecule has 0 spiro atoms. The molecule has 0 radical (unpaired) electrons. The molecular formula is C21H26O3. The van der Waals surface area contributed by atoms with Gasteiger partial charge in [-0.05, 0) is 23.1 Å². The molecule has 0 aliphatic carbocycles. The third-order valence-electron chi connectivity index (χ3n) is 3.85. The summed E-state index contributed by atoms with van der Waals surface area (Å²) in [7, 11) is 1.66. The Morgan fingerprint density at radius 3 is 2.29 bits per heavy atom. The molecule has 3 nitrogen and oxygen atoms in total. The summed E-state index contributed by atoms with van der Waals surface area (Å²) in [6.07, 6.45) is 0. The fraction of sp³-hybridized carbons (Fsp3) is 0.333. The first-order valence-corrected chi connectivity index (χ1v) is 8.10. The van der Waals surface area contributed by atoms with Crippen LogP contribution in [-0.4, -0.2) is 18.8 Å². The number of aromatic hydroxyl groups is 1. The Kier molecular flexibility index (Phi) is 6.04. The van der Waals surface area contributed by atoms with Crippen LogP contribution < -0.4 is 0 Å². The fourth-order valence-corrected chi connectivity index (χ4v) is 2.53. The van der Waals surface area contributed by atoms with Crippen molar-refractivity contribution in [1.29, 1.82) is 0 Å². The lowest BCUT2D eigenvalue weighted by Crippen LogP contribution is -2.17. The zero-order valence-corrected chi connectivity index (χ0v) is 14.9. The Balaban J connectivity index is 2.25. The van der Waals surface area contributed by atoms with Gasteiger partial charge in [-0.1, -0.05) is 63.2 Å². The molecule has 3 heteroatoms. The highest BCUT2D eigenvalue weighted by atomic mass is 16.5. The molecule has 0 saturated heterocycles. The van der Waals surface area contributed by atoms with Gasteiger partial charge in [0.25, 0.3) is 0 Å². The highest BCUT2D eigenvalue weighted by Crippen LogP contribution is 2.34. The van der Waals surface area contributed by atoms with Crippen molar-refractivity contribution in [3.05, 3.63) is 71.3 Å². The predicted octanol–water partition coefficient (Wildman–Crippen LogP) is 5.01. The minimum Gasteiger partial charge on any atom is -0.508 e. The molecule has 1 N–H and O–H groups in total. The number of benzene rings is 2. The quantitative estimate of drug-likeness (QED) is 0.758. The summed E-state index contributed by atoms with van der Waals surface area (Å²) < 4.78 is 11.6. The number of hydrogen-bond donors (Lipinski definition) is 1. The van der Waals surface area contributed by atoms with E-state index in [2.05, 4.69) is 20.8 Å². The third kappa shape index (κ3) is 4.87. The van der Waals surface area contributed by atoms with Crippen molar-refractivity contribution < 1.29 is 14.6 Å². The second-order valence-electron chi connectivity index (χ2n) is 6.79. The first kappa shape index (κ1) is 18.1. The molecule has 128 valence electrons. The fourth-order valence-electron chi connectivity index (χ4n) is 2.53. The lowest BCUT2D eigenvalue weighted by molar-refractivity contribution is 0.129. The van der Waals surface area contributed by atoms with Gasteiger partial charge in [0.15, 0.2) is 0 Å². The van der Waals surface area contributed by atoms with Crippen LogP contribution in [0.1, 0.15) is 31.9 Å². The Morgan fingerprint density at radius 1 is 1.00 bits per heavy atom. The number of hydrogen-bond acceptors (Lipinski definition) is 3.